The van der Waals surface area contributed by atoms with Crippen LogP contribution in [0.4, 0.5) is 0 Å². The van der Waals surface area contributed by atoms with Crippen LogP contribution in [0.3, 0.4) is 0 Å². The van der Waals surface area contributed by atoms with E-state index in [-0.39, 0.29) is 6.10 Å². The molecule has 1 aromatic rings. The minimum absolute atomic E-state index is 0.0927. The molecule has 3 nitrogen and oxygen atoms in total. The molecule has 1 saturated carbocycles. The average molecular weight is 286 g/mol. The van der Waals surface area contributed by atoms with E-state index in [0.29, 0.717) is 12.6 Å². The molecule has 1 aliphatic rings. The van der Waals surface area contributed by atoms with E-state index >= 15 is 0 Å². The fourth-order valence-electron chi connectivity index (χ4n) is 1.72. The zero-order valence-corrected chi connectivity index (χ0v) is 10.6. The number of aliphatic hydroxyl groups excluding tert-OH is 1. The molecule has 2 rings (SSSR count). The fraction of sp³-hybridized carbons (Fsp3) is 0.500. The normalized spacial score (nSPS) is 23.9. The van der Waals surface area contributed by atoms with E-state index in [2.05, 4.69) is 21.2 Å². The predicted octanol–water partition coefficient (Wildman–Crippen LogP) is 1.94. The number of hydrogen-bond acceptors (Lipinski definition) is 3. The number of ether oxygens (including phenoxy) is 1. The number of aliphatic hydroxyl groups is 1. The summed E-state index contributed by atoms with van der Waals surface area (Å²) in [6.45, 7) is 1.49. The molecule has 16 heavy (non-hydrogen) atoms. The third kappa shape index (κ3) is 3.47. The first-order valence-corrected chi connectivity index (χ1v) is 6.33. The van der Waals surface area contributed by atoms with Gasteiger partial charge in [0, 0.05) is 17.1 Å². The number of nitrogens with one attached hydrogen (secondary N) is 1. The molecule has 0 unspecified atom stereocenters. The zero-order chi connectivity index (χ0) is 11.4. The SMILES string of the molecule is OC1CC(NCCOc2ccc(Br)cc2)C1. The first kappa shape index (κ1) is 11.9. The molecule has 0 heterocycles. The topological polar surface area (TPSA) is 41.5 Å². The second kappa shape index (κ2) is 5.66. The highest BCUT2D eigenvalue weighted by atomic mass is 79.9. The van der Waals surface area contributed by atoms with Crippen LogP contribution >= 0.6 is 15.9 Å². The summed E-state index contributed by atoms with van der Waals surface area (Å²) < 4.78 is 6.62. The van der Waals surface area contributed by atoms with Crippen molar-refractivity contribution in [2.75, 3.05) is 13.2 Å². The second-order valence-corrected chi connectivity index (χ2v) is 4.99. The van der Waals surface area contributed by atoms with Gasteiger partial charge in [0.25, 0.3) is 0 Å². The van der Waals surface area contributed by atoms with E-state index in [9.17, 15) is 0 Å². The number of rotatable bonds is 5. The number of benzene rings is 1. The van der Waals surface area contributed by atoms with Crippen LogP contribution in [0.2, 0.25) is 0 Å². The molecule has 88 valence electrons. The molecule has 1 aliphatic carbocycles. The van der Waals surface area contributed by atoms with Gasteiger partial charge in [-0.05, 0) is 37.1 Å². The van der Waals surface area contributed by atoms with Crippen molar-refractivity contribution in [2.45, 2.75) is 25.0 Å². The second-order valence-electron chi connectivity index (χ2n) is 4.08. The Morgan fingerprint density at radius 2 is 2.00 bits per heavy atom. The van der Waals surface area contributed by atoms with Crippen molar-refractivity contribution in [1.29, 1.82) is 0 Å². The summed E-state index contributed by atoms with van der Waals surface area (Å²) in [5.41, 5.74) is 0. The maximum Gasteiger partial charge on any atom is 0.119 e. The summed E-state index contributed by atoms with van der Waals surface area (Å²) in [4.78, 5) is 0. The van der Waals surface area contributed by atoms with Crippen molar-refractivity contribution in [1.82, 2.24) is 5.32 Å². The standard InChI is InChI=1S/C12H16BrNO2/c13-9-1-3-12(4-2-9)16-6-5-14-10-7-11(15)8-10/h1-4,10-11,14-15H,5-8H2. The van der Waals surface area contributed by atoms with Gasteiger partial charge in [-0.1, -0.05) is 15.9 Å². The summed E-state index contributed by atoms with van der Waals surface area (Å²) in [6.07, 6.45) is 1.65. The van der Waals surface area contributed by atoms with Crippen LogP contribution in [0.1, 0.15) is 12.8 Å². The smallest absolute Gasteiger partial charge is 0.119 e. The third-order valence-corrected chi connectivity index (χ3v) is 3.26. The fourth-order valence-corrected chi connectivity index (χ4v) is 1.98. The van der Waals surface area contributed by atoms with Gasteiger partial charge >= 0.3 is 0 Å². The Kier molecular flexibility index (Phi) is 4.21. The monoisotopic (exact) mass is 285 g/mol. The Labute approximate surface area is 104 Å². The Hall–Kier alpha value is -0.580. The van der Waals surface area contributed by atoms with Crippen molar-refractivity contribution >= 4 is 15.9 Å². The molecule has 0 bridgehead atoms. The third-order valence-electron chi connectivity index (χ3n) is 2.73. The van der Waals surface area contributed by atoms with Crippen LogP contribution in [0, 0.1) is 0 Å². The summed E-state index contributed by atoms with van der Waals surface area (Å²) in [5, 5.41) is 12.4. The number of hydrogen-bond donors (Lipinski definition) is 2. The van der Waals surface area contributed by atoms with Crippen molar-refractivity contribution in [3.8, 4) is 5.75 Å². The Morgan fingerprint density at radius 1 is 1.31 bits per heavy atom. The molecule has 1 fully saturated rings. The quantitative estimate of drug-likeness (QED) is 0.813. The van der Waals surface area contributed by atoms with Crippen LogP contribution in [0.25, 0.3) is 0 Å². The molecule has 0 atom stereocenters. The highest BCUT2D eigenvalue weighted by Gasteiger charge is 2.25. The number of halogens is 1. The molecule has 0 aromatic heterocycles. The molecule has 1 aromatic carbocycles. The van der Waals surface area contributed by atoms with E-state index < -0.39 is 0 Å². The van der Waals surface area contributed by atoms with Crippen molar-refractivity contribution < 1.29 is 9.84 Å². The first-order valence-electron chi connectivity index (χ1n) is 5.54. The van der Waals surface area contributed by atoms with E-state index in [1.54, 1.807) is 0 Å². The Balaban J connectivity index is 1.59. The van der Waals surface area contributed by atoms with Gasteiger partial charge in [-0.25, -0.2) is 0 Å². The molecule has 0 radical (unpaired) electrons. The summed E-state index contributed by atoms with van der Waals surface area (Å²) in [6, 6.07) is 8.29. The van der Waals surface area contributed by atoms with Crippen LogP contribution in [-0.2, 0) is 0 Å². The molecule has 4 heteroatoms. The van der Waals surface area contributed by atoms with Crippen LogP contribution in [0.5, 0.6) is 5.75 Å². The van der Waals surface area contributed by atoms with E-state index in [1.165, 1.54) is 0 Å². The zero-order valence-electron chi connectivity index (χ0n) is 9.03. The molecule has 0 aliphatic heterocycles. The maximum absolute atomic E-state index is 9.10. The van der Waals surface area contributed by atoms with Crippen molar-refractivity contribution in [2.24, 2.45) is 0 Å². The van der Waals surface area contributed by atoms with Gasteiger partial charge in [0.1, 0.15) is 12.4 Å². The molecular formula is C12H16BrNO2. The summed E-state index contributed by atoms with van der Waals surface area (Å²) >= 11 is 3.38. The predicted molar refractivity (Wildman–Crippen MR) is 66.7 cm³/mol. The van der Waals surface area contributed by atoms with Crippen molar-refractivity contribution in [3.05, 3.63) is 28.7 Å². The van der Waals surface area contributed by atoms with Crippen molar-refractivity contribution in [3.63, 3.8) is 0 Å². The van der Waals surface area contributed by atoms with Gasteiger partial charge in [-0.2, -0.15) is 0 Å². The lowest BCUT2D eigenvalue weighted by atomic mass is 9.90. The first-order chi connectivity index (χ1) is 7.74. The maximum atomic E-state index is 9.10. The van der Waals surface area contributed by atoms with E-state index in [1.807, 2.05) is 24.3 Å². The lowest BCUT2D eigenvalue weighted by Crippen LogP contribution is -2.45. The summed E-state index contributed by atoms with van der Waals surface area (Å²) in [7, 11) is 0. The molecule has 0 saturated heterocycles. The summed E-state index contributed by atoms with van der Waals surface area (Å²) in [5.74, 6) is 0.888. The lowest BCUT2D eigenvalue weighted by molar-refractivity contribution is 0.0612. The van der Waals surface area contributed by atoms with Gasteiger partial charge in [0.15, 0.2) is 0 Å². The van der Waals surface area contributed by atoms with Crippen LogP contribution in [-0.4, -0.2) is 30.4 Å². The molecular weight excluding hydrogens is 270 g/mol. The Morgan fingerprint density at radius 3 is 2.62 bits per heavy atom. The largest absolute Gasteiger partial charge is 0.492 e. The minimum atomic E-state index is -0.0927. The molecule has 0 spiro atoms. The van der Waals surface area contributed by atoms with E-state index in [4.69, 9.17) is 9.84 Å². The molecule has 0 amide bonds. The van der Waals surface area contributed by atoms with Gasteiger partial charge in [-0.3, -0.25) is 0 Å². The average Bonchev–Trinajstić information content (AvgIpc) is 2.24. The lowest BCUT2D eigenvalue weighted by Gasteiger charge is -2.32. The Bertz CT molecular complexity index is 322. The van der Waals surface area contributed by atoms with E-state index in [0.717, 1.165) is 29.6 Å². The van der Waals surface area contributed by atoms with Gasteiger partial charge < -0.3 is 15.2 Å². The highest BCUT2D eigenvalue weighted by molar-refractivity contribution is 9.10. The molecule has 2 N–H and O–H groups in total. The van der Waals surface area contributed by atoms with Crippen LogP contribution in [0.15, 0.2) is 28.7 Å². The van der Waals surface area contributed by atoms with Gasteiger partial charge in [-0.15, -0.1) is 0 Å². The van der Waals surface area contributed by atoms with Gasteiger partial charge in [0.05, 0.1) is 6.10 Å². The van der Waals surface area contributed by atoms with Crippen LogP contribution < -0.4 is 10.1 Å². The highest BCUT2D eigenvalue weighted by Crippen LogP contribution is 2.19. The minimum Gasteiger partial charge on any atom is -0.492 e. The van der Waals surface area contributed by atoms with Gasteiger partial charge in [0.2, 0.25) is 0 Å².